The van der Waals surface area contributed by atoms with E-state index in [1.165, 1.54) is 43.2 Å². The van der Waals surface area contributed by atoms with Crippen molar-refractivity contribution in [2.75, 3.05) is 0 Å². The number of hydrogen-bond acceptors (Lipinski definition) is 2. The van der Waals surface area contributed by atoms with E-state index in [2.05, 4.69) is 49.2 Å². The monoisotopic (exact) mass is 371 g/mol. The Morgan fingerprint density at radius 2 is 1.96 bits per heavy atom. The van der Waals surface area contributed by atoms with Gasteiger partial charge in [-0.3, -0.25) is 9.78 Å². The SMILES string of the molecule is CC12CCC3C(CC4(CC4)C4=CC(=O)CCC43C)C1=CC=C2c1cccnc1. The molecule has 0 saturated heterocycles. The van der Waals surface area contributed by atoms with Gasteiger partial charge < -0.3 is 0 Å². The van der Waals surface area contributed by atoms with E-state index in [1.807, 2.05) is 12.4 Å². The highest BCUT2D eigenvalue weighted by molar-refractivity contribution is 5.92. The quantitative estimate of drug-likeness (QED) is 0.613. The zero-order valence-electron chi connectivity index (χ0n) is 17.0. The molecule has 0 bridgehead atoms. The zero-order valence-corrected chi connectivity index (χ0v) is 17.0. The molecular formula is C26H29NO. The summed E-state index contributed by atoms with van der Waals surface area (Å²) in [7, 11) is 0. The standard InChI is InChI=1S/C26H29NO/c1-24-10-8-22-19(21(24)6-5-20(24)17-4-3-13-27-16-17)15-26(11-12-26)23-14-18(28)7-9-25(22,23)2/h3-6,13-14,16,19,22H,7-12,15H2,1-2H3. The Hall–Kier alpha value is -1.96. The van der Waals surface area contributed by atoms with Crippen LogP contribution in [0.3, 0.4) is 0 Å². The van der Waals surface area contributed by atoms with Gasteiger partial charge in [0.25, 0.3) is 0 Å². The van der Waals surface area contributed by atoms with E-state index in [-0.39, 0.29) is 10.8 Å². The molecule has 1 heterocycles. The summed E-state index contributed by atoms with van der Waals surface area (Å²) in [5.74, 6) is 1.74. The third kappa shape index (κ3) is 2.04. The van der Waals surface area contributed by atoms with Crippen LogP contribution in [0.15, 0.2) is 53.9 Å². The minimum atomic E-state index is 0.155. The van der Waals surface area contributed by atoms with Crippen molar-refractivity contribution in [3.63, 3.8) is 0 Å². The van der Waals surface area contributed by atoms with Crippen LogP contribution in [0.25, 0.3) is 5.57 Å². The van der Waals surface area contributed by atoms with E-state index < -0.39 is 0 Å². The summed E-state index contributed by atoms with van der Waals surface area (Å²) in [6, 6.07) is 4.27. The Balaban J connectivity index is 1.41. The van der Waals surface area contributed by atoms with Crippen molar-refractivity contribution in [2.45, 2.75) is 58.8 Å². The molecule has 5 aliphatic carbocycles. The number of carbonyl (C=O) groups excluding carboxylic acids is 1. The van der Waals surface area contributed by atoms with Gasteiger partial charge >= 0.3 is 0 Å². The van der Waals surface area contributed by atoms with Crippen LogP contribution in [0, 0.1) is 28.1 Å². The minimum Gasteiger partial charge on any atom is -0.295 e. The maximum atomic E-state index is 12.3. The van der Waals surface area contributed by atoms with Gasteiger partial charge in [-0.1, -0.05) is 43.2 Å². The number of rotatable bonds is 1. The van der Waals surface area contributed by atoms with Crippen molar-refractivity contribution in [2.24, 2.45) is 28.1 Å². The first-order chi connectivity index (χ1) is 13.5. The molecule has 144 valence electrons. The smallest absolute Gasteiger partial charge is 0.155 e. The lowest BCUT2D eigenvalue weighted by Gasteiger charge is -2.58. The van der Waals surface area contributed by atoms with Crippen molar-refractivity contribution in [1.29, 1.82) is 0 Å². The Bertz CT molecular complexity index is 963. The molecule has 1 spiro atoms. The van der Waals surface area contributed by atoms with Gasteiger partial charge in [-0.05, 0) is 84.5 Å². The molecule has 0 N–H and O–H groups in total. The van der Waals surface area contributed by atoms with Gasteiger partial charge in [-0.15, -0.1) is 0 Å². The molecule has 0 radical (unpaired) electrons. The molecule has 28 heavy (non-hydrogen) atoms. The lowest BCUT2D eigenvalue weighted by atomic mass is 9.45. The van der Waals surface area contributed by atoms with E-state index in [9.17, 15) is 4.79 Å². The fourth-order valence-electron chi connectivity index (χ4n) is 7.54. The molecule has 1 aromatic rings. The molecule has 0 amide bonds. The summed E-state index contributed by atoms with van der Waals surface area (Å²) in [5, 5.41) is 0. The molecule has 0 aliphatic heterocycles. The van der Waals surface area contributed by atoms with Gasteiger partial charge in [0.1, 0.15) is 0 Å². The van der Waals surface area contributed by atoms with Crippen LogP contribution in [0.5, 0.6) is 0 Å². The number of carbonyl (C=O) groups is 1. The summed E-state index contributed by atoms with van der Waals surface area (Å²) in [6.45, 7) is 4.97. The third-order valence-corrected chi connectivity index (χ3v) is 9.14. The summed E-state index contributed by atoms with van der Waals surface area (Å²) in [5.41, 5.74) is 6.67. The molecule has 2 nitrogen and oxygen atoms in total. The Morgan fingerprint density at radius 3 is 2.71 bits per heavy atom. The van der Waals surface area contributed by atoms with Crippen LogP contribution in [0.1, 0.15) is 64.4 Å². The van der Waals surface area contributed by atoms with Gasteiger partial charge in [0.15, 0.2) is 5.78 Å². The van der Waals surface area contributed by atoms with Crippen molar-refractivity contribution >= 4 is 11.4 Å². The highest BCUT2D eigenvalue weighted by atomic mass is 16.1. The summed E-state index contributed by atoms with van der Waals surface area (Å²) < 4.78 is 0. The van der Waals surface area contributed by atoms with E-state index >= 15 is 0 Å². The average molecular weight is 372 g/mol. The first-order valence-corrected chi connectivity index (χ1v) is 11.1. The van der Waals surface area contributed by atoms with Crippen LogP contribution >= 0.6 is 0 Å². The molecule has 3 saturated carbocycles. The summed E-state index contributed by atoms with van der Waals surface area (Å²) in [4.78, 5) is 16.6. The number of fused-ring (bicyclic) bond motifs is 6. The van der Waals surface area contributed by atoms with Crippen molar-refractivity contribution in [1.82, 2.24) is 4.98 Å². The summed E-state index contributed by atoms with van der Waals surface area (Å²) >= 11 is 0. The fraction of sp³-hybridized carbons (Fsp3) is 0.538. The number of aromatic nitrogens is 1. The third-order valence-electron chi connectivity index (χ3n) is 9.14. The molecule has 5 aliphatic rings. The van der Waals surface area contributed by atoms with E-state index in [0.717, 1.165) is 12.8 Å². The largest absolute Gasteiger partial charge is 0.295 e. The summed E-state index contributed by atoms with van der Waals surface area (Å²) in [6.07, 6.45) is 19.0. The van der Waals surface area contributed by atoms with Crippen molar-refractivity contribution in [3.05, 3.63) is 59.5 Å². The lowest BCUT2D eigenvalue weighted by molar-refractivity contribution is -0.116. The molecule has 2 heteroatoms. The first-order valence-electron chi connectivity index (χ1n) is 11.1. The predicted molar refractivity (Wildman–Crippen MR) is 111 cm³/mol. The van der Waals surface area contributed by atoms with Gasteiger partial charge in [0.05, 0.1) is 0 Å². The second kappa shape index (κ2) is 5.34. The van der Waals surface area contributed by atoms with Gasteiger partial charge in [0.2, 0.25) is 0 Å². The topological polar surface area (TPSA) is 30.0 Å². The average Bonchev–Trinajstić information content (AvgIpc) is 3.37. The van der Waals surface area contributed by atoms with Crippen LogP contribution in [-0.2, 0) is 4.79 Å². The highest BCUT2D eigenvalue weighted by Crippen LogP contribution is 2.74. The Morgan fingerprint density at radius 1 is 1.11 bits per heavy atom. The lowest BCUT2D eigenvalue weighted by Crippen LogP contribution is -2.50. The number of ketones is 1. The van der Waals surface area contributed by atoms with E-state index in [4.69, 9.17) is 0 Å². The van der Waals surface area contributed by atoms with Crippen molar-refractivity contribution in [3.8, 4) is 0 Å². The van der Waals surface area contributed by atoms with Gasteiger partial charge in [-0.2, -0.15) is 0 Å². The predicted octanol–water partition coefficient (Wildman–Crippen LogP) is 5.92. The van der Waals surface area contributed by atoms with Crippen LogP contribution < -0.4 is 0 Å². The van der Waals surface area contributed by atoms with E-state index in [1.54, 1.807) is 11.1 Å². The van der Waals surface area contributed by atoms with Gasteiger partial charge in [0, 0.05) is 24.2 Å². The minimum absolute atomic E-state index is 0.155. The van der Waals surface area contributed by atoms with Crippen LogP contribution in [-0.4, -0.2) is 10.8 Å². The number of nitrogens with zero attached hydrogens (tertiary/aromatic N) is 1. The maximum absolute atomic E-state index is 12.3. The van der Waals surface area contributed by atoms with E-state index in [0.29, 0.717) is 23.0 Å². The highest BCUT2D eigenvalue weighted by Gasteiger charge is 2.64. The molecular weight excluding hydrogens is 342 g/mol. The number of allylic oxidation sites excluding steroid dienone is 6. The Kier molecular flexibility index (Phi) is 3.23. The fourth-order valence-corrected chi connectivity index (χ4v) is 7.54. The molecule has 0 aromatic carbocycles. The van der Waals surface area contributed by atoms with Crippen LogP contribution in [0.4, 0.5) is 0 Å². The second-order valence-electron chi connectivity index (χ2n) is 10.5. The van der Waals surface area contributed by atoms with Crippen LogP contribution in [0.2, 0.25) is 0 Å². The molecule has 1 aromatic heterocycles. The number of hydrogen-bond donors (Lipinski definition) is 0. The maximum Gasteiger partial charge on any atom is 0.155 e. The first kappa shape index (κ1) is 16.9. The zero-order chi connectivity index (χ0) is 19.1. The molecule has 6 rings (SSSR count). The van der Waals surface area contributed by atoms with Gasteiger partial charge in [-0.25, -0.2) is 0 Å². The Labute approximate surface area is 167 Å². The molecule has 4 atom stereocenters. The molecule has 3 fully saturated rings. The normalized spacial score (nSPS) is 40.1. The number of pyridine rings is 1. The molecule has 4 unspecified atom stereocenters. The second-order valence-corrected chi connectivity index (χ2v) is 10.5. The van der Waals surface area contributed by atoms with Crippen molar-refractivity contribution < 1.29 is 4.79 Å².